The standard InChI is InChI=1S/C5H4NOS/c7-4-6-5-2-1-3-8-5/h1,3-4H,(H,6,7). The molecule has 0 bridgehead atoms. The van der Waals surface area contributed by atoms with Gasteiger partial charge in [0.15, 0.2) is 0 Å². The first kappa shape index (κ1) is 5.31. The van der Waals surface area contributed by atoms with Crippen LogP contribution in [0.15, 0.2) is 11.4 Å². The predicted molar refractivity (Wildman–Crippen MR) is 32.8 cm³/mol. The van der Waals surface area contributed by atoms with Crippen LogP contribution in [0.4, 0.5) is 5.00 Å². The Labute approximate surface area is 51.1 Å². The summed E-state index contributed by atoms with van der Waals surface area (Å²) in [5.41, 5.74) is 0. The fourth-order valence-electron chi connectivity index (χ4n) is 0.375. The van der Waals surface area contributed by atoms with Crippen LogP contribution in [-0.2, 0) is 4.79 Å². The molecule has 0 aromatic carbocycles. The second-order valence-electron chi connectivity index (χ2n) is 1.16. The molecule has 1 radical (unpaired) electrons. The predicted octanol–water partition coefficient (Wildman–Crippen LogP) is 1.12. The Hall–Kier alpha value is -0.830. The van der Waals surface area contributed by atoms with Crippen molar-refractivity contribution in [1.82, 2.24) is 0 Å². The van der Waals surface area contributed by atoms with E-state index < -0.39 is 0 Å². The van der Waals surface area contributed by atoms with Gasteiger partial charge in [-0.05, 0) is 11.4 Å². The van der Waals surface area contributed by atoms with Crippen molar-refractivity contribution < 1.29 is 4.79 Å². The molecule has 0 atom stereocenters. The first-order valence-corrected chi connectivity index (χ1v) is 2.97. The van der Waals surface area contributed by atoms with Crippen LogP contribution >= 0.6 is 11.3 Å². The van der Waals surface area contributed by atoms with Crippen LogP contribution in [0.25, 0.3) is 0 Å². The molecule has 1 heterocycles. The van der Waals surface area contributed by atoms with Gasteiger partial charge < -0.3 is 5.32 Å². The zero-order valence-electron chi connectivity index (χ0n) is 4.05. The highest BCUT2D eigenvalue weighted by molar-refractivity contribution is 7.14. The van der Waals surface area contributed by atoms with E-state index in [0.29, 0.717) is 6.41 Å². The Morgan fingerprint density at radius 2 is 2.75 bits per heavy atom. The minimum atomic E-state index is 0.641. The molecule has 0 saturated carbocycles. The Balaban J connectivity index is 2.62. The average Bonchev–Trinajstić information content (AvgIpc) is 2.19. The maximum Gasteiger partial charge on any atom is 0.212 e. The molecule has 0 saturated heterocycles. The zero-order chi connectivity index (χ0) is 5.82. The monoisotopic (exact) mass is 126 g/mol. The van der Waals surface area contributed by atoms with E-state index in [1.807, 2.05) is 5.38 Å². The van der Waals surface area contributed by atoms with Gasteiger partial charge in [0, 0.05) is 6.07 Å². The van der Waals surface area contributed by atoms with Gasteiger partial charge >= 0.3 is 0 Å². The molecule has 0 aliphatic heterocycles. The third-order valence-electron chi connectivity index (χ3n) is 0.658. The van der Waals surface area contributed by atoms with Gasteiger partial charge in [-0.3, -0.25) is 4.79 Å². The summed E-state index contributed by atoms with van der Waals surface area (Å²) in [5.74, 6) is 0. The van der Waals surface area contributed by atoms with Crippen LogP contribution in [0.3, 0.4) is 0 Å². The number of rotatable bonds is 2. The van der Waals surface area contributed by atoms with E-state index in [2.05, 4.69) is 11.4 Å². The van der Waals surface area contributed by atoms with Gasteiger partial charge in [0.05, 0.1) is 0 Å². The highest BCUT2D eigenvalue weighted by Crippen LogP contribution is 2.11. The van der Waals surface area contributed by atoms with Crippen LogP contribution in [0.1, 0.15) is 0 Å². The Bertz CT molecular complexity index is 159. The van der Waals surface area contributed by atoms with Gasteiger partial charge in [-0.1, -0.05) is 0 Å². The average molecular weight is 126 g/mol. The van der Waals surface area contributed by atoms with Crippen molar-refractivity contribution in [2.75, 3.05) is 5.32 Å². The van der Waals surface area contributed by atoms with Crippen molar-refractivity contribution >= 4 is 22.7 Å². The van der Waals surface area contributed by atoms with E-state index in [-0.39, 0.29) is 0 Å². The lowest BCUT2D eigenvalue weighted by Gasteiger charge is -1.84. The van der Waals surface area contributed by atoms with Gasteiger partial charge in [0.1, 0.15) is 5.00 Å². The first-order valence-electron chi connectivity index (χ1n) is 2.09. The lowest BCUT2D eigenvalue weighted by molar-refractivity contribution is -0.105. The van der Waals surface area contributed by atoms with E-state index in [4.69, 9.17) is 0 Å². The van der Waals surface area contributed by atoms with Gasteiger partial charge in [-0.15, -0.1) is 11.3 Å². The summed E-state index contributed by atoms with van der Waals surface area (Å²) in [6, 6.07) is 4.57. The van der Waals surface area contributed by atoms with Gasteiger partial charge in [0.2, 0.25) is 6.41 Å². The number of carbonyl (C=O) groups is 1. The summed E-state index contributed by atoms with van der Waals surface area (Å²) < 4.78 is 0. The molecule has 0 unspecified atom stereocenters. The van der Waals surface area contributed by atoms with Crippen molar-refractivity contribution in [3.8, 4) is 0 Å². The molecule has 1 N–H and O–H groups in total. The highest BCUT2D eigenvalue weighted by atomic mass is 32.1. The topological polar surface area (TPSA) is 29.1 Å². The molecule has 3 heteroatoms. The molecular weight excluding hydrogens is 122 g/mol. The normalized spacial score (nSPS) is 8.50. The number of hydrogen-bond donors (Lipinski definition) is 1. The Kier molecular flexibility index (Phi) is 1.64. The molecule has 0 aliphatic rings. The highest BCUT2D eigenvalue weighted by Gasteiger charge is 1.85. The molecule has 8 heavy (non-hydrogen) atoms. The smallest absolute Gasteiger partial charge is 0.212 e. The molecule has 1 amide bonds. The summed E-state index contributed by atoms with van der Waals surface area (Å²) in [4.78, 5) is 9.75. The van der Waals surface area contributed by atoms with Gasteiger partial charge in [-0.25, -0.2) is 0 Å². The van der Waals surface area contributed by atoms with Crippen LogP contribution in [0.2, 0.25) is 0 Å². The molecule has 41 valence electrons. The summed E-state index contributed by atoms with van der Waals surface area (Å²) in [6.07, 6.45) is 0.641. The SMILES string of the molecule is O=CNc1[c]ccs1. The van der Waals surface area contributed by atoms with Gasteiger partial charge in [0.25, 0.3) is 0 Å². The van der Waals surface area contributed by atoms with Crippen LogP contribution in [-0.4, -0.2) is 6.41 Å². The Morgan fingerprint density at radius 3 is 3.25 bits per heavy atom. The van der Waals surface area contributed by atoms with E-state index in [0.717, 1.165) is 5.00 Å². The lowest BCUT2D eigenvalue weighted by Crippen LogP contribution is -1.88. The molecule has 0 fully saturated rings. The lowest BCUT2D eigenvalue weighted by atomic mass is 10.6. The number of anilines is 1. The second kappa shape index (κ2) is 2.47. The number of carbonyl (C=O) groups excluding carboxylic acids is 1. The number of thiophene rings is 1. The van der Waals surface area contributed by atoms with Crippen molar-refractivity contribution in [2.24, 2.45) is 0 Å². The minimum absolute atomic E-state index is 0.641. The van der Waals surface area contributed by atoms with Gasteiger partial charge in [-0.2, -0.15) is 0 Å². The summed E-state index contributed by atoms with van der Waals surface area (Å²) in [5, 5.41) is 5.09. The fraction of sp³-hybridized carbons (Fsp3) is 0. The molecule has 0 spiro atoms. The summed E-state index contributed by atoms with van der Waals surface area (Å²) >= 11 is 1.45. The molecular formula is C5H4NOS. The first-order chi connectivity index (χ1) is 3.93. The van der Waals surface area contributed by atoms with Crippen LogP contribution in [0, 0.1) is 6.07 Å². The fourth-order valence-corrected chi connectivity index (χ4v) is 0.899. The van der Waals surface area contributed by atoms with Crippen LogP contribution in [0.5, 0.6) is 0 Å². The molecule has 1 rings (SSSR count). The molecule has 0 aliphatic carbocycles. The second-order valence-corrected chi connectivity index (χ2v) is 2.07. The number of hydrogen-bond acceptors (Lipinski definition) is 2. The largest absolute Gasteiger partial charge is 0.320 e. The summed E-state index contributed by atoms with van der Waals surface area (Å²) in [6.45, 7) is 0. The third kappa shape index (κ3) is 1.07. The zero-order valence-corrected chi connectivity index (χ0v) is 4.87. The number of amides is 1. The molecule has 1 aromatic rings. The molecule has 1 aromatic heterocycles. The van der Waals surface area contributed by atoms with E-state index >= 15 is 0 Å². The van der Waals surface area contributed by atoms with Crippen molar-refractivity contribution in [2.45, 2.75) is 0 Å². The van der Waals surface area contributed by atoms with Crippen molar-refractivity contribution in [3.05, 3.63) is 17.5 Å². The van der Waals surface area contributed by atoms with Crippen molar-refractivity contribution in [3.63, 3.8) is 0 Å². The molecule has 2 nitrogen and oxygen atoms in total. The van der Waals surface area contributed by atoms with Crippen molar-refractivity contribution in [1.29, 1.82) is 0 Å². The maximum atomic E-state index is 9.75. The van der Waals surface area contributed by atoms with E-state index in [1.54, 1.807) is 6.07 Å². The van der Waals surface area contributed by atoms with E-state index in [9.17, 15) is 4.79 Å². The third-order valence-corrected chi connectivity index (χ3v) is 1.40. The van der Waals surface area contributed by atoms with Crippen LogP contribution < -0.4 is 5.32 Å². The minimum Gasteiger partial charge on any atom is -0.320 e. The maximum absolute atomic E-state index is 9.75. The van der Waals surface area contributed by atoms with E-state index in [1.165, 1.54) is 11.3 Å². The summed E-state index contributed by atoms with van der Waals surface area (Å²) in [7, 11) is 0. The number of nitrogens with one attached hydrogen (secondary N) is 1. The Morgan fingerprint density at radius 1 is 1.88 bits per heavy atom. The quantitative estimate of drug-likeness (QED) is 0.591.